The van der Waals surface area contributed by atoms with Gasteiger partial charge in [0.2, 0.25) is 0 Å². The maximum absolute atomic E-state index is 12.3. The quantitative estimate of drug-likeness (QED) is 0.897. The van der Waals surface area contributed by atoms with Crippen molar-refractivity contribution in [1.82, 2.24) is 0 Å². The van der Waals surface area contributed by atoms with Crippen molar-refractivity contribution in [3.05, 3.63) is 65.2 Å². The van der Waals surface area contributed by atoms with Gasteiger partial charge in [0.15, 0.2) is 12.3 Å². The highest BCUT2D eigenvalue weighted by atomic mass is 32.2. The zero-order chi connectivity index (χ0) is 17.7. The molecule has 0 fully saturated rings. The van der Waals surface area contributed by atoms with E-state index in [9.17, 15) is 18.3 Å². The molecule has 0 saturated heterocycles. The molecule has 4 rings (SSSR count). The Morgan fingerprint density at radius 2 is 1.96 bits per heavy atom. The third-order valence-electron chi connectivity index (χ3n) is 4.28. The number of thioether (sulfide) groups is 1. The van der Waals surface area contributed by atoms with Crippen molar-refractivity contribution in [3.8, 4) is 5.75 Å². The Morgan fingerprint density at radius 1 is 1.20 bits per heavy atom. The minimum atomic E-state index is -4.38. The van der Waals surface area contributed by atoms with Gasteiger partial charge in [-0.3, -0.25) is 0 Å². The second kappa shape index (κ2) is 5.78. The van der Waals surface area contributed by atoms with Crippen molar-refractivity contribution in [2.75, 3.05) is 6.61 Å². The van der Waals surface area contributed by atoms with E-state index in [2.05, 4.69) is 4.99 Å². The number of nitrogens with zero attached hydrogens (tertiary/aromatic N) is 1. The van der Waals surface area contributed by atoms with Crippen LogP contribution in [0.3, 0.4) is 0 Å². The van der Waals surface area contributed by atoms with E-state index in [-0.39, 0.29) is 11.0 Å². The molecule has 0 radical (unpaired) electrons. The molecule has 3 nitrogen and oxygen atoms in total. The monoisotopic (exact) mass is 365 g/mol. The number of aliphatic imine (C=N–C) groups is 1. The maximum Gasteiger partial charge on any atom is 0.422 e. The van der Waals surface area contributed by atoms with Crippen LogP contribution in [0.2, 0.25) is 0 Å². The molecule has 0 spiro atoms. The number of aliphatic hydroxyl groups is 1. The van der Waals surface area contributed by atoms with Gasteiger partial charge in [-0.1, -0.05) is 48.2 Å². The molecule has 2 aromatic rings. The first-order valence-electron chi connectivity index (χ1n) is 7.72. The summed E-state index contributed by atoms with van der Waals surface area (Å²) >= 11 is 1.49. The Balaban J connectivity index is 1.61. The van der Waals surface area contributed by atoms with E-state index in [1.807, 2.05) is 30.3 Å². The minimum Gasteiger partial charge on any atom is -0.484 e. The highest BCUT2D eigenvalue weighted by Crippen LogP contribution is 2.50. The summed E-state index contributed by atoms with van der Waals surface area (Å²) in [6, 6.07) is 14.2. The third kappa shape index (κ3) is 3.02. The summed E-state index contributed by atoms with van der Waals surface area (Å²) < 4.78 is 41.6. The fourth-order valence-corrected chi connectivity index (χ4v) is 4.49. The predicted octanol–water partition coefficient (Wildman–Crippen LogP) is 3.89. The molecule has 2 atom stereocenters. The van der Waals surface area contributed by atoms with Crippen molar-refractivity contribution < 1.29 is 23.0 Å². The number of fused-ring (bicyclic) bond motifs is 3. The molecule has 7 heteroatoms. The molecule has 2 aromatic carbocycles. The lowest BCUT2D eigenvalue weighted by Crippen LogP contribution is -2.27. The van der Waals surface area contributed by atoms with Gasteiger partial charge in [-0.2, -0.15) is 13.2 Å². The minimum absolute atomic E-state index is 0.150. The smallest absolute Gasteiger partial charge is 0.422 e. The van der Waals surface area contributed by atoms with E-state index in [0.29, 0.717) is 12.0 Å². The number of hydrogen-bond acceptors (Lipinski definition) is 4. The standard InChI is InChI=1S/C18H14F3NO2S/c19-17(20,21)10-24-13-6-7-14-12(8-13)9-15-18(14,23)22-16(25-15)11-4-2-1-3-5-11/h1-8,15,23H,9-10H2. The molecule has 1 aliphatic carbocycles. The van der Waals surface area contributed by atoms with E-state index in [1.165, 1.54) is 17.8 Å². The van der Waals surface area contributed by atoms with Gasteiger partial charge in [-0.25, -0.2) is 4.99 Å². The first-order valence-corrected chi connectivity index (χ1v) is 8.60. The lowest BCUT2D eigenvalue weighted by molar-refractivity contribution is -0.153. The van der Waals surface area contributed by atoms with Crippen LogP contribution in [0.5, 0.6) is 5.75 Å². The molecule has 0 saturated carbocycles. The third-order valence-corrected chi connectivity index (χ3v) is 5.61. The number of halogens is 3. The second-order valence-corrected chi connectivity index (χ2v) is 7.23. The molecular formula is C18H14F3NO2S. The molecule has 0 aromatic heterocycles. The first-order chi connectivity index (χ1) is 11.9. The molecule has 1 N–H and O–H groups in total. The van der Waals surface area contributed by atoms with Gasteiger partial charge < -0.3 is 9.84 Å². The molecule has 0 amide bonds. The first kappa shape index (κ1) is 16.5. The van der Waals surface area contributed by atoms with Crippen LogP contribution in [0, 0.1) is 0 Å². The Labute approximate surface area is 146 Å². The molecule has 1 heterocycles. The molecule has 0 bridgehead atoms. The van der Waals surface area contributed by atoms with Crippen LogP contribution >= 0.6 is 11.8 Å². The Hall–Kier alpha value is -1.99. The molecule has 2 unspecified atom stereocenters. The summed E-state index contributed by atoms with van der Waals surface area (Å²) in [5, 5.41) is 11.6. The number of rotatable bonds is 3. The summed E-state index contributed by atoms with van der Waals surface area (Å²) in [6.45, 7) is -1.33. The highest BCUT2D eigenvalue weighted by molar-refractivity contribution is 8.15. The predicted molar refractivity (Wildman–Crippen MR) is 90.0 cm³/mol. The van der Waals surface area contributed by atoms with Crippen molar-refractivity contribution in [3.63, 3.8) is 0 Å². The van der Waals surface area contributed by atoms with Crippen LogP contribution in [-0.4, -0.2) is 28.2 Å². The summed E-state index contributed by atoms with van der Waals surface area (Å²) in [4.78, 5) is 4.52. The fourth-order valence-electron chi connectivity index (χ4n) is 3.15. The van der Waals surface area contributed by atoms with Gasteiger partial charge in [0.1, 0.15) is 10.8 Å². The molecule has 2 aliphatic rings. The SMILES string of the molecule is OC12N=C(c3ccccc3)SC1Cc1cc(OCC(F)(F)F)ccc12. The van der Waals surface area contributed by atoms with Gasteiger partial charge in [0, 0.05) is 11.1 Å². The number of benzene rings is 2. The summed E-state index contributed by atoms with van der Waals surface area (Å²) in [5.41, 5.74) is 1.01. The van der Waals surface area contributed by atoms with Gasteiger partial charge in [-0.15, -0.1) is 0 Å². The fraction of sp³-hybridized carbons (Fsp3) is 0.278. The number of alkyl halides is 3. The van der Waals surface area contributed by atoms with Gasteiger partial charge in [0.25, 0.3) is 0 Å². The lowest BCUT2D eigenvalue weighted by atomic mass is 10.1. The average Bonchev–Trinajstić information content (AvgIpc) is 3.03. The molecule has 25 heavy (non-hydrogen) atoms. The molecule has 1 aliphatic heterocycles. The summed E-state index contributed by atoms with van der Waals surface area (Å²) in [7, 11) is 0. The second-order valence-electron chi connectivity index (χ2n) is 6.04. The van der Waals surface area contributed by atoms with Crippen molar-refractivity contribution in [1.29, 1.82) is 0 Å². The summed E-state index contributed by atoms with van der Waals surface area (Å²) in [6.07, 6.45) is -3.85. The summed E-state index contributed by atoms with van der Waals surface area (Å²) in [5.74, 6) is 0.150. The lowest BCUT2D eigenvalue weighted by Gasteiger charge is -2.19. The Morgan fingerprint density at radius 3 is 2.68 bits per heavy atom. The zero-order valence-corrected chi connectivity index (χ0v) is 13.8. The topological polar surface area (TPSA) is 41.8 Å². The van der Waals surface area contributed by atoms with Crippen LogP contribution in [-0.2, 0) is 12.1 Å². The van der Waals surface area contributed by atoms with E-state index in [4.69, 9.17) is 4.74 Å². The van der Waals surface area contributed by atoms with Crippen molar-refractivity contribution >= 4 is 16.8 Å². The molecular weight excluding hydrogens is 351 g/mol. The van der Waals surface area contributed by atoms with E-state index in [1.54, 1.807) is 12.1 Å². The van der Waals surface area contributed by atoms with E-state index < -0.39 is 18.5 Å². The van der Waals surface area contributed by atoms with Crippen molar-refractivity contribution in [2.45, 2.75) is 23.6 Å². The van der Waals surface area contributed by atoms with Crippen LogP contribution < -0.4 is 4.74 Å². The van der Waals surface area contributed by atoms with Gasteiger partial charge in [0.05, 0.1) is 5.25 Å². The Bertz CT molecular complexity index is 838. The molecule has 130 valence electrons. The average molecular weight is 365 g/mol. The van der Waals surface area contributed by atoms with Crippen molar-refractivity contribution in [2.24, 2.45) is 4.99 Å². The largest absolute Gasteiger partial charge is 0.484 e. The van der Waals surface area contributed by atoms with E-state index >= 15 is 0 Å². The Kier molecular flexibility index (Phi) is 3.81. The zero-order valence-electron chi connectivity index (χ0n) is 13.0. The maximum atomic E-state index is 12.3. The van der Waals surface area contributed by atoms with Crippen LogP contribution in [0.25, 0.3) is 0 Å². The normalized spacial score (nSPS) is 24.6. The van der Waals surface area contributed by atoms with Gasteiger partial charge >= 0.3 is 6.18 Å². The number of ether oxygens (including phenoxy) is 1. The highest BCUT2D eigenvalue weighted by Gasteiger charge is 2.51. The van der Waals surface area contributed by atoms with Crippen LogP contribution in [0.4, 0.5) is 13.2 Å². The van der Waals surface area contributed by atoms with Crippen LogP contribution in [0.1, 0.15) is 16.7 Å². The number of hydrogen-bond donors (Lipinski definition) is 1. The van der Waals surface area contributed by atoms with E-state index in [0.717, 1.165) is 16.2 Å². The van der Waals surface area contributed by atoms with Crippen LogP contribution in [0.15, 0.2) is 53.5 Å². The van der Waals surface area contributed by atoms with Gasteiger partial charge in [-0.05, 0) is 24.1 Å².